The van der Waals surface area contributed by atoms with Crippen molar-refractivity contribution in [3.63, 3.8) is 0 Å². The Hall–Kier alpha value is -1.43. The van der Waals surface area contributed by atoms with Gasteiger partial charge in [-0.2, -0.15) is 5.10 Å². The number of carbonyl (C=O) groups excluding carboxylic acids is 1. The molecule has 1 aliphatic heterocycles. The Balaban J connectivity index is 1.85. The van der Waals surface area contributed by atoms with E-state index in [2.05, 4.69) is 23.9 Å². The number of hydrogen-bond acceptors (Lipinski definition) is 4. The van der Waals surface area contributed by atoms with Crippen LogP contribution in [0.5, 0.6) is 0 Å². The number of aryl methyl sites for hydroxylation is 2. The molecule has 22 heavy (non-hydrogen) atoms. The van der Waals surface area contributed by atoms with Gasteiger partial charge >= 0.3 is 0 Å². The van der Waals surface area contributed by atoms with E-state index in [-0.39, 0.29) is 11.9 Å². The summed E-state index contributed by atoms with van der Waals surface area (Å²) in [6.07, 6.45) is 2.54. The number of carbonyl (C=O) groups is 1. The average Bonchev–Trinajstić information content (AvgIpc) is 2.82. The predicted octanol–water partition coefficient (Wildman–Crippen LogP) is 2.12. The normalized spacial score (nSPS) is 19.0. The van der Waals surface area contributed by atoms with Crippen molar-refractivity contribution < 1.29 is 9.53 Å². The van der Waals surface area contributed by atoms with Crippen LogP contribution in [0.3, 0.4) is 0 Å². The molecule has 0 aliphatic carbocycles. The Kier molecular flexibility index (Phi) is 5.94. The van der Waals surface area contributed by atoms with Crippen LogP contribution in [0.4, 0.5) is 0 Å². The first-order valence-electron chi connectivity index (χ1n) is 8.22. The summed E-state index contributed by atoms with van der Waals surface area (Å²) in [6, 6.07) is 0.246. The monoisotopic (exact) mass is 308 g/mol. The van der Waals surface area contributed by atoms with Gasteiger partial charge in [-0.1, -0.05) is 13.8 Å². The van der Waals surface area contributed by atoms with E-state index < -0.39 is 0 Å². The van der Waals surface area contributed by atoms with Crippen molar-refractivity contribution in [3.05, 3.63) is 11.6 Å². The van der Waals surface area contributed by atoms with E-state index in [9.17, 15) is 4.79 Å². The van der Waals surface area contributed by atoms with Crippen molar-refractivity contribution in [3.8, 4) is 0 Å². The molecule has 6 heteroatoms. The quantitative estimate of drug-likeness (QED) is 0.755. The summed E-state index contributed by atoms with van der Waals surface area (Å²) >= 11 is 0. The van der Waals surface area contributed by atoms with Crippen molar-refractivity contribution in [1.82, 2.24) is 19.7 Å². The van der Waals surface area contributed by atoms with Gasteiger partial charge in [-0.15, -0.1) is 0 Å². The van der Waals surface area contributed by atoms with Gasteiger partial charge in [0.2, 0.25) is 5.91 Å². The van der Waals surface area contributed by atoms with Crippen LogP contribution < -0.4 is 0 Å². The zero-order chi connectivity index (χ0) is 16.1. The van der Waals surface area contributed by atoms with E-state index in [1.54, 1.807) is 0 Å². The number of amides is 1. The third-order valence-corrected chi connectivity index (χ3v) is 3.91. The molecule has 0 saturated carbocycles. The second-order valence-corrected chi connectivity index (χ2v) is 6.51. The van der Waals surface area contributed by atoms with Gasteiger partial charge in [-0.25, -0.2) is 9.67 Å². The molecular weight excluding hydrogens is 280 g/mol. The number of aromatic nitrogens is 3. The fourth-order valence-electron chi connectivity index (χ4n) is 2.90. The number of ether oxygens (including phenoxy) is 1. The van der Waals surface area contributed by atoms with Gasteiger partial charge < -0.3 is 9.64 Å². The number of piperidine rings is 1. The van der Waals surface area contributed by atoms with E-state index in [1.807, 2.05) is 23.4 Å². The Morgan fingerprint density at radius 3 is 2.82 bits per heavy atom. The molecule has 1 aromatic rings. The summed E-state index contributed by atoms with van der Waals surface area (Å²) < 4.78 is 7.49. The maximum Gasteiger partial charge on any atom is 0.224 e. The van der Waals surface area contributed by atoms with E-state index in [0.29, 0.717) is 25.6 Å². The molecular formula is C16H28N4O2. The van der Waals surface area contributed by atoms with Gasteiger partial charge in [0, 0.05) is 19.7 Å². The SMILES string of the molecule is Cc1nc(C)n([C@H]2CCCN(C(=O)CCOCC(C)C)C2)n1. The molecule has 0 unspecified atom stereocenters. The highest BCUT2D eigenvalue weighted by atomic mass is 16.5. The van der Waals surface area contributed by atoms with Crippen LogP contribution in [-0.2, 0) is 9.53 Å². The zero-order valence-electron chi connectivity index (χ0n) is 14.2. The molecule has 0 radical (unpaired) electrons. The van der Waals surface area contributed by atoms with Crippen molar-refractivity contribution in [2.24, 2.45) is 5.92 Å². The van der Waals surface area contributed by atoms with Gasteiger partial charge in [0.15, 0.2) is 0 Å². The molecule has 1 fully saturated rings. The number of nitrogens with zero attached hydrogens (tertiary/aromatic N) is 4. The minimum atomic E-state index is 0.183. The van der Waals surface area contributed by atoms with Crippen molar-refractivity contribution in [2.75, 3.05) is 26.3 Å². The predicted molar refractivity (Wildman–Crippen MR) is 84.6 cm³/mol. The molecule has 1 amide bonds. The number of rotatable bonds is 6. The first kappa shape index (κ1) is 16.9. The van der Waals surface area contributed by atoms with Crippen molar-refractivity contribution in [1.29, 1.82) is 0 Å². The van der Waals surface area contributed by atoms with Gasteiger partial charge in [0.05, 0.1) is 19.1 Å². The second kappa shape index (κ2) is 7.72. The maximum absolute atomic E-state index is 12.3. The lowest BCUT2D eigenvalue weighted by Crippen LogP contribution is -2.41. The summed E-state index contributed by atoms with van der Waals surface area (Å²) in [5.41, 5.74) is 0. The van der Waals surface area contributed by atoms with Crippen LogP contribution in [0.15, 0.2) is 0 Å². The third-order valence-electron chi connectivity index (χ3n) is 3.91. The Labute approximate surface area is 132 Å². The Morgan fingerprint density at radius 2 is 2.18 bits per heavy atom. The molecule has 0 N–H and O–H groups in total. The van der Waals surface area contributed by atoms with E-state index in [4.69, 9.17) is 4.74 Å². The Morgan fingerprint density at radius 1 is 1.41 bits per heavy atom. The van der Waals surface area contributed by atoms with Gasteiger partial charge in [-0.05, 0) is 32.6 Å². The molecule has 1 aliphatic rings. The summed E-state index contributed by atoms with van der Waals surface area (Å²) in [7, 11) is 0. The molecule has 0 bridgehead atoms. The fourth-order valence-corrected chi connectivity index (χ4v) is 2.90. The molecule has 0 aromatic carbocycles. The first-order valence-corrected chi connectivity index (χ1v) is 8.22. The van der Waals surface area contributed by atoms with E-state index in [0.717, 1.165) is 37.6 Å². The first-order chi connectivity index (χ1) is 10.5. The molecule has 1 saturated heterocycles. The summed E-state index contributed by atoms with van der Waals surface area (Å²) in [5, 5.41) is 4.47. The highest BCUT2D eigenvalue weighted by molar-refractivity contribution is 5.76. The highest BCUT2D eigenvalue weighted by Crippen LogP contribution is 2.22. The smallest absolute Gasteiger partial charge is 0.224 e. The maximum atomic E-state index is 12.3. The standard InChI is InChI=1S/C16H28N4O2/c1-12(2)11-22-9-7-16(21)19-8-5-6-15(10-19)20-14(4)17-13(3)18-20/h12,15H,5-11H2,1-4H3/t15-/m0/s1. The third kappa shape index (κ3) is 4.53. The largest absolute Gasteiger partial charge is 0.381 e. The van der Waals surface area contributed by atoms with Crippen LogP contribution in [0.2, 0.25) is 0 Å². The van der Waals surface area contributed by atoms with Crippen molar-refractivity contribution in [2.45, 2.75) is 53.0 Å². The number of hydrogen-bond donors (Lipinski definition) is 0. The minimum Gasteiger partial charge on any atom is -0.381 e. The lowest BCUT2D eigenvalue weighted by atomic mass is 10.1. The van der Waals surface area contributed by atoms with Gasteiger partial charge in [0.1, 0.15) is 11.6 Å². The lowest BCUT2D eigenvalue weighted by molar-refractivity contribution is -0.134. The van der Waals surface area contributed by atoms with E-state index >= 15 is 0 Å². The summed E-state index contributed by atoms with van der Waals surface area (Å²) in [6.45, 7) is 10.9. The average molecular weight is 308 g/mol. The van der Waals surface area contributed by atoms with Crippen LogP contribution in [0, 0.1) is 19.8 Å². The molecule has 2 heterocycles. The minimum absolute atomic E-state index is 0.183. The van der Waals surface area contributed by atoms with E-state index in [1.165, 1.54) is 0 Å². The lowest BCUT2D eigenvalue weighted by Gasteiger charge is -2.33. The van der Waals surface area contributed by atoms with Crippen LogP contribution in [0.25, 0.3) is 0 Å². The van der Waals surface area contributed by atoms with Crippen molar-refractivity contribution >= 4 is 5.91 Å². The Bertz CT molecular complexity index is 498. The molecule has 0 spiro atoms. The molecule has 2 rings (SSSR count). The van der Waals surface area contributed by atoms with Crippen LogP contribution in [0.1, 0.15) is 50.8 Å². The molecule has 1 atom stereocenters. The summed E-state index contributed by atoms with van der Waals surface area (Å²) in [4.78, 5) is 18.6. The van der Waals surface area contributed by atoms with Crippen LogP contribution in [-0.4, -0.2) is 51.9 Å². The number of likely N-dealkylation sites (tertiary alicyclic amines) is 1. The highest BCUT2D eigenvalue weighted by Gasteiger charge is 2.26. The topological polar surface area (TPSA) is 60.2 Å². The molecule has 6 nitrogen and oxygen atoms in total. The zero-order valence-corrected chi connectivity index (χ0v) is 14.2. The fraction of sp³-hybridized carbons (Fsp3) is 0.812. The van der Waals surface area contributed by atoms with Crippen LogP contribution >= 0.6 is 0 Å². The van der Waals surface area contributed by atoms with Gasteiger partial charge in [0.25, 0.3) is 0 Å². The van der Waals surface area contributed by atoms with Gasteiger partial charge in [-0.3, -0.25) is 4.79 Å². The molecule has 1 aromatic heterocycles. The summed E-state index contributed by atoms with van der Waals surface area (Å²) in [5.74, 6) is 2.41. The molecule has 124 valence electrons. The second-order valence-electron chi connectivity index (χ2n) is 6.51.